The Morgan fingerprint density at radius 1 is 1.50 bits per heavy atom. The fraction of sp³-hybridized carbons (Fsp3) is 0.875. The molecule has 0 saturated heterocycles. The van der Waals surface area contributed by atoms with Crippen LogP contribution >= 0.6 is 15.9 Å². The Balaban J connectivity index is 3.44. The first-order valence-electron chi connectivity index (χ1n) is 3.88. The van der Waals surface area contributed by atoms with Crippen LogP contribution in [0.1, 0.15) is 20.8 Å². The average molecular weight is 239 g/mol. The quantitative estimate of drug-likeness (QED) is 0.541. The molecule has 0 aliphatic heterocycles. The van der Waals surface area contributed by atoms with E-state index < -0.39 is 0 Å². The van der Waals surface area contributed by atoms with Gasteiger partial charge in [0.25, 0.3) is 0 Å². The topological polar surface area (TPSA) is 35.5 Å². The monoisotopic (exact) mass is 238 g/mol. The molecule has 0 fully saturated rings. The zero-order valence-corrected chi connectivity index (χ0v) is 9.31. The van der Waals surface area contributed by atoms with Crippen LogP contribution in [0.25, 0.3) is 0 Å². The van der Waals surface area contributed by atoms with Crippen LogP contribution in [0.5, 0.6) is 0 Å². The van der Waals surface area contributed by atoms with E-state index in [1.807, 2.05) is 20.8 Å². The summed E-state index contributed by atoms with van der Waals surface area (Å²) in [7, 11) is 0. The zero-order valence-electron chi connectivity index (χ0n) is 7.72. The molecule has 72 valence electrons. The minimum Gasteiger partial charge on any atom is -0.463 e. The molecule has 12 heavy (non-hydrogen) atoms. The van der Waals surface area contributed by atoms with Crippen LogP contribution < -0.4 is 0 Å². The van der Waals surface area contributed by atoms with Gasteiger partial charge < -0.3 is 9.47 Å². The fourth-order valence-corrected chi connectivity index (χ4v) is 0.594. The van der Waals surface area contributed by atoms with Gasteiger partial charge in [0.1, 0.15) is 13.2 Å². The second kappa shape index (κ2) is 5.54. The molecule has 0 spiro atoms. The van der Waals surface area contributed by atoms with E-state index in [2.05, 4.69) is 15.9 Å². The molecule has 0 rings (SSSR count). The molecule has 0 aliphatic carbocycles. The molecule has 0 aliphatic rings. The number of carbonyl (C=O) groups excluding carboxylic acids is 1. The van der Waals surface area contributed by atoms with Gasteiger partial charge in [0.2, 0.25) is 0 Å². The van der Waals surface area contributed by atoms with E-state index >= 15 is 0 Å². The molecule has 0 bridgehead atoms. The third-order valence-corrected chi connectivity index (χ3v) is 1.23. The first-order valence-corrected chi connectivity index (χ1v) is 4.67. The van der Waals surface area contributed by atoms with Crippen LogP contribution in [0, 0.1) is 0 Å². The molecule has 4 heteroatoms. The van der Waals surface area contributed by atoms with Crippen LogP contribution in [0.3, 0.4) is 0 Å². The Morgan fingerprint density at radius 3 is 2.50 bits per heavy atom. The Bertz CT molecular complexity index is 140. The summed E-state index contributed by atoms with van der Waals surface area (Å²) >= 11 is 3.36. The summed E-state index contributed by atoms with van der Waals surface area (Å²) in [5.41, 5.74) is 0. The van der Waals surface area contributed by atoms with Gasteiger partial charge in [-0.2, -0.15) is 0 Å². The summed E-state index contributed by atoms with van der Waals surface area (Å²) in [5, 5.41) is 0. The maximum absolute atomic E-state index is 10.9. The molecule has 0 saturated carbocycles. The minimum atomic E-state index is -0.315. The van der Waals surface area contributed by atoms with E-state index in [-0.39, 0.29) is 16.9 Å². The highest BCUT2D eigenvalue weighted by Gasteiger charge is 2.15. The number of ether oxygens (including phenoxy) is 2. The highest BCUT2D eigenvalue weighted by Crippen LogP contribution is 2.15. The normalized spacial score (nSPS) is 11.3. The van der Waals surface area contributed by atoms with Gasteiger partial charge in [-0.1, -0.05) is 15.9 Å². The van der Waals surface area contributed by atoms with Crippen molar-refractivity contribution in [3.8, 4) is 0 Å². The first-order chi connectivity index (χ1) is 5.45. The largest absolute Gasteiger partial charge is 0.463 e. The van der Waals surface area contributed by atoms with E-state index in [9.17, 15) is 4.79 Å². The van der Waals surface area contributed by atoms with E-state index in [0.717, 1.165) is 0 Å². The van der Waals surface area contributed by atoms with E-state index in [0.29, 0.717) is 13.2 Å². The lowest BCUT2D eigenvalue weighted by Crippen LogP contribution is -2.23. The van der Waals surface area contributed by atoms with Crippen molar-refractivity contribution in [1.29, 1.82) is 0 Å². The van der Waals surface area contributed by atoms with Crippen molar-refractivity contribution in [2.45, 2.75) is 25.1 Å². The number of carbonyl (C=O) groups is 1. The SMILES string of the molecule is CCOCC(=O)OCC(C)(C)Br. The highest BCUT2D eigenvalue weighted by molar-refractivity contribution is 9.10. The summed E-state index contributed by atoms with van der Waals surface area (Å²) < 4.78 is 9.61. The number of rotatable bonds is 5. The lowest BCUT2D eigenvalue weighted by atomic mass is 10.2. The van der Waals surface area contributed by atoms with Crippen molar-refractivity contribution in [3.05, 3.63) is 0 Å². The molecule has 0 aromatic carbocycles. The molecule has 0 unspecified atom stereocenters. The molecular formula is C8H15BrO3. The highest BCUT2D eigenvalue weighted by atomic mass is 79.9. The molecular weight excluding hydrogens is 224 g/mol. The second-order valence-corrected chi connectivity index (χ2v) is 5.16. The number of halogens is 1. The Labute approximate surface area is 81.6 Å². The third kappa shape index (κ3) is 8.01. The van der Waals surface area contributed by atoms with E-state index in [1.165, 1.54) is 0 Å². The van der Waals surface area contributed by atoms with Crippen LogP contribution in [0.4, 0.5) is 0 Å². The van der Waals surface area contributed by atoms with Gasteiger partial charge >= 0.3 is 5.97 Å². The summed E-state index contributed by atoms with van der Waals surface area (Å²) in [5.74, 6) is -0.315. The second-order valence-electron chi connectivity index (χ2n) is 3.02. The number of esters is 1. The molecule has 3 nitrogen and oxygen atoms in total. The van der Waals surface area contributed by atoms with Gasteiger partial charge in [0.05, 0.1) is 4.32 Å². The third-order valence-electron chi connectivity index (χ3n) is 1.00. The molecule has 0 aromatic rings. The Morgan fingerprint density at radius 2 is 2.08 bits per heavy atom. The minimum absolute atomic E-state index is 0.0413. The molecule has 0 atom stereocenters. The van der Waals surface area contributed by atoms with Crippen molar-refractivity contribution in [2.75, 3.05) is 19.8 Å². The summed E-state index contributed by atoms with van der Waals surface area (Å²) in [6.07, 6.45) is 0. The molecule has 0 N–H and O–H groups in total. The summed E-state index contributed by atoms with van der Waals surface area (Å²) in [6, 6.07) is 0. The van der Waals surface area contributed by atoms with Gasteiger partial charge in [-0.3, -0.25) is 0 Å². The van der Waals surface area contributed by atoms with Crippen molar-refractivity contribution < 1.29 is 14.3 Å². The fourth-order valence-electron chi connectivity index (χ4n) is 0.479. The molecule has 0 aromatic heterocycles. The van der Waals surface area contributed by atoms with Crippen molar-refractivity contribution >= 4 is 21.9 Å². The van der Waals surface area contributed by atoms with Crippen LogP contribution in [0.2, 0.25) is 0 Å². The van der Waals surface area contributed by atoms with Crippen LogP contribution in [0.15, 0.2) is 0 Å². The smallest absolute Gasteiger partial charge is 0.332 e. The first kappa shape index (κ1) is 11.9. The van der Waals surface area contributed by atoms with Gasteiger partial charge in [-0.05, 0) is 20.8 Å². The predicted octanol–water partition coefficient (Wildman–Crippen LogP) is 1.74. The summed E-state index contributed by atoms with van der Waals surface area (Å²) in [6.45, 7) is 6.63. The number of hydrogen-bond acceptors (Lipinski definition) is 3. The van der Waals surface area contributed by atoms with Crippen molar-refractivity contribution in [1.82, 2.24) is 0 Å². The van der Waals surface area contributed by atoms with E-state index in [4.69, 9.17) is 9.47 Å². The predicted molar refractivity (Wildman–Crippen MR) is 50.5 cm³/mol. The van der Waals surface area contributed by atoms with Gasteiger partial charge in [-0.25, -0.2) is 4.79 Å². The Hall–Kier alpha value is -0.0900. The van der Waals surface area contributed by atoms with Gasteiger partial charge in [0, 0.05) is 6.61 Å². The molecule has 0 heterocycles. The number of alkyl halides is 1. The summed E-state index contributed by atoms with van der Waals surface area (Å²) in [4.78, 5) is 10.9. The lowest BCUT2D eigenvalue weighted by Gasteiger charge is -2.15. The van der Waals surface area contributed by atoms with Gasteiger partial charge in [0.15, 0.2) is 0 Å². The maximum Gasteiger partial charge on any atom is 0.332 e. The van der Waals surface area contributed by atoms with E-state index in [1.54, 1.807) is 0 Å². The molecule has 0 amide bonds. The van der Waals surface area contributed by atoms with Crippen LogP contribution in [-0.4, -0.2) is 30.1 Å². The maximum atomic E-state index is 10.9. The molecule has 0 radical (unpaired) electrons. The zero-order chi connectivity index (χ0) is 9.61. The van der Waals surface area contributed by atoms with Crippen molar-refractivity contribution in [3.63, 3.8) is 0 Å². The standard InChI is InChI=1S/C8H15BrO3/c1-4-11-5-7(10)12-6-8(2,3)9/h4-6H2,1-3H3. The van der Waals surface area contributed by atoms with Crippen molar-refractivity contribution in [2.24, 2.45) is 0 Å². The number of hydrogen-bond donors (Lipinski definition) is 0. The van der Waals surface area contributed by atoms with Gasteiger partial charge in [-0.15, -0.1) is 0 Å². The average Bonchev–Trinajstić information content (AvgIpc) is 1.95. The Kier molecular flexibility index (Phi) is 5.50. The lowest BCUT2D eigenvalue weighted by molar-refractivity contribution is -0.149. The van der Waals surface area contributed by atoms with Crippen LogP contribution in [-0.2, 0) is 14.3 Å².